The van der Waals surface area contributed by atoms with E-state index in [-0.39, 0.29) is 13.0 Å². The SMILES string of the molecule is CCOC(=O)[C@H](C)C[C@H](NC(=O)c1cc(C)cc(C)c1)C(=O)O. The van der Waals surface area contributed by atoms with Crippen molar-refractivity contribution in [2.75, 3.05) is 6.61 Å². The molecule has 6 heteroatoms. The van der Waals surface area contributed by atoms with Crippen LogP contribution in [0, 0.1) is 19.8 Å². The summed E-state index contributed by atoms with van der Waals surface area (Å²) in [7, 11) is 0. The molecule has 0 aliphatic heterocycles. The highest BCUT2D eigenvalue weighted by Gasteiger charge is 2.26. The van der Waals surface area contributed by atoms with E-state index in [1.54, 1.807) is 26.0 Å². The molecule has 1 amide bonds. The minimum atomic E-state index is -1.18. The number of aliphatic carboxylic acids is 1. The third-order valence-electron chi connectivity index (χ3n) is 3.37. The molecule has 0 aromatic heterocycles. The predicted molar refractivity (Wildman–Crippen MR) is 85.2 cm³/mol. The zero-order valence-electron chi connectivity index (χ0n) is 13.9. The van der Waals surface area contributed by atoms with Crippen molar-refractivity contribution in [2.45, 2.75) is 40.2 Å². The predicted octanol–water partition coefficient (Wildman–Crippen LogP) is 2.08. The molecule has 0 bridgehead atoms. The number of ether oxygens (including phenoxy) is 1. The van der Waals surface area contributed by atoms with Crippen LogP contribution in [0.15, 0.2) is 18.2 Å². The number of nitrogens with one attached hydrogen (secondary N) is 1. The van der Waals surface area contributed by atoms with E-state index in [9.17, 15) is 19.5 Å². The smallest absolute Gasteiger partial charge is 0.326 e. The highest BCUT2D eigenvalue weighted by Crippen LogP contribution is 2.12. The van der Waals surface area contributed by atoms with Gasteiger partial charge in [0.2, 0.25) is 0 Å². The van der Waals surface area contributed by atoms with Crippen LogP contribution in [0.2, 0.25) is 0 Å². The van der Waals surface area contributed by atoms with Crippen molar-refractivity contribution in [1.82, 2.24) is 5.32 Å². The van der Waals surface area contributed by atoms with Gasteiger partial charge in [-0.2, -0.15) is 0 Å². The molecule has 0 aliphatic rings. The molecular weight excluding hydrogens is 298 g/mol. The number of carbonyl (C=O) groups is 3. The molecule has 126 valence electrons. The number of carbonyl (C=O) groups excluding carboxylic acids is 2. The van der Waals surface area contributed by atoms with Crippen LogP contribution in [0.1, 0.15) is 41.8 Å². The summed E-state index contributed by atoms with van der Waals surface area (Å²) in [5.41, 5.74) is 2.24. The number of carboxylic acid groups (broad SMARTS) is 1. The molecule has 2 N–H and O–H groups in total. The lowest BCUT2D eigenvalue weighted by molar-refractivity contribution is -0.148. The van der Waals surface area contributed by atoms with Gasteiger partial charge < -0.3 is 15.2 Å². The Labute approximate surface area is 135 Å². The van der Waals surface area contributed by atoms with Crippen molar-refractivity contribution in [1.29, 1.82) is 0 Å². The number of rotatable bonds is 7. The van der Waals surface area contributed by atoms with Crippen molar-refractivity contribution in [3.05, 3.63) is 34.9 Å². The summed E-state index contributed by atoms with van der Waals surface area (Å²) >= 11 is 0. The Morgan fingerprint density at radius 3 is 2.22 bits per heavy atom. The van der Waals surface area contributed by atoms with Gasteiger partial charge in [0.15, 0.2) is 0 Å². The van der Waals surface area contributed by atoms with Gasteiger partial charge >= 0.3 is 11.9 Å². The molecule has 0 spiro atoms. The van der Waals surface area contributed by atoms with Gasteiger partial charge in [-0.25, -0.2) is 4.79 Å². The third-order valence-corrected chi connectivity index (χ3v) is 3.37. The van der Waals surface area contributed by atoms with Crippen LogP contribution in [0.3, 0.4) is 0 Å². The van der Waals surface area contributed by atoms with Crippen molar-refractivity contribution < 1.29 is 24.2 Å². The van der Waals surface area contributed by atoms with Crippen molar-refractivity contribution in [3.63, 3.8) is 0 Å². The second-order valence-corrected chi connectivity index (χ2v) is 5.63. The molecule has 0 fully saturated rings. The van der Waals surface area contributed by atoms with E-state index < -0.39 is 29.8 Å². The van der Waals surface area contributed by atoms with E-state index in [0.29, 0.717) is 5.56 Å². The molecular formula is C17H23NO5. The molecule has 1 aromatic carbocycles. The molecule has 23 heavy (non-hydrogen) atoms. The van der Waals surface area contributed by atoms with Crippen LogP contribution in [0.5, 0.6) is 0 Å². The number of amides is 1. The first-order chi connectivity index (χ1) is 10.7. The topological polar surface area (TPSA) is 92.7 Å². The highest BCUT2D eigenvalue weighted by atomic mass is 16.5. The van der Waals surface area contributed by atoms with Gasteiger partial charge in [-0.3, -0.25) is 9.59 Å². The lowest BCUT2D eigenvalue weighted by atomic mass is 10.0. The maximum Gasteiger partial charge on any atom is 0.326 e. The largest absolute Gasteiger partial charge is 0.480 e. The Balaban J connectivity index is 2.81. The van der Waals surface area contributed by atoms with Crippen LogP contribution >= 0.6 is 0 Å². The number of hydrogen-bond donors (Lipinski definition) is 2. The average molecular weight is 321 g/mol. The number of esters is 1. The third kappa shape index (κ3) is 5.73. The van der Waals surface area contributed by atoms with Crippen LogP contribution < -0.4 is 5.32 Å². The van der Waals surface area contributed by atoms with Gasteiger partial charge in [-0.1, -0.05) is 24.1 Å². The maximum absolute atomic E-state index is 12.3. The Bertz CT molecular complexity index is 576. The Hall–Kier alpha value is -2.37. The monoisotopic (exact) mass is 321 g/mol. The van der Waals surface area contributed by atoms with Gasteiger partial charge in [0.25, 0.3) is 5.91 Å². The first-order valence-corrected chi connectivity index (χ1v) is 7.53. The second kappa shape index (κ2) is 8.31. The van der Waals surface area contributed by atoms with Crippen molar-refractivity contribution in [2.24, 2.45) is 5.92 Å². The van der Waals surface area contributed by atoms with Crippen LogP contribution in [-0.4, -0.2) is 35.6 Å². The highest BCUT2D eigenvalue weighted by molar-refractivity contribution is 5.97. The summed E-state index contributed by atoms with van der Waals surface area (Å²) in [6, 6.07) is 4.16. The standard InChI is InChI=1S/C17H23NO5/c1-5-23-17(22)12(4)9-14(16(20)21)18-15(19)13-7-10(2)6-11(3)8-13/h6-8,12,14H,5,9H2,1-4H3,(H,18,19)(H,20,21)/t12-,14+/m1/s1. The molecule has 0 saturated carbocycles. The zero-order chi connectivity index (χ0) is 17.6. The molecule has 6 nitrogen and oxygen atoms in total. The molecule has 0 radical (unpaired) electrons. The molecule has 0 heterocycles. The van der Waals surface area contributed by atoms with Gasteiger partial charge in [0, 0.05) is 5.56 Å². The summed E-state index contributed by atoms with van der Waals surface area (Å²) in [6.45, 7) is 7.22. The number of aryl methyl sites for hydroxylation is 2. The fourth-order valence-corrected chi connectivity index (χ4v) is 2.30. The number of benzene rings is 1. The zero-order valence-corrected chi connectivity index (χ0v) is 13.9. The Morgan fingerprint density at radius 2 is 1.74 bits per heavy atom. The molecule has 0 unspecified atom stereocenters. The number of carboxylic acids is 1. The Kier molecular flexibility index (Phi) is 6.75. The van der Waals surface area contributed by atoms with E-state index in [1.807, 2.05) is 19.9 Å². The average Bonchev–Trinajstić information content (AvgIpc) is 2.45. The van der Waals surface area contributed by atoms with E-state index in [1.165, 1.54) is 0 Å². The lowest BCUT2D eigenvalue weighted by Gasteiger charge is -2.18. The van der Waals surface area contributed by atoms with Gasteiger partial charge in [0.1, 0.15) is 6.04 Å². The summed E-state index contributed by atoms with van der Waals surface area (Å²) in [5, 5.41) is 11.7. The molecule has 1 aromatic rings. The van der Waals surface area contributed by atoms with Gasteiger partial charge in [-0.15, -0.1) is 0 Å². The molecule has 1 rings (SSSR count). The first kappa shape index (κ1) is 18.7. The van der Waals surface area contributed by atoms with E-state index >= 15 is 0 Å². The van der Waals surface area contributed by atoms with Gasteiger partial charge in [-0.05, 0) is 39.3 Å². The lowest BCUT2D eigenvalue weighted by Crippen LogP contribution is -2.42. The van der Waals surface area contributed by atoms with E-state index in [4.69, 9.17) is 4.74 Å². The maximum atomic E-state index is 12.3. The summed E-state index contributed by atoms with van der Waals surface area (Å²) in [4.78, 5) is 35.2. The van der Waals surface area contributed by atoms with E-state index in [0.717, 1.165) is 11.1 Å². The van der Waals surface area contributed by atoms with Crippen molar-refractivity contribution >= 4 is 17.8 Å². The fourth-order valence-electron chi connectivity index (χ4n) is 2.30. The van der Waals surface area contributed by atoms with Gasteiger partial charge in [0.05, 0.1) is 12.5 Å². The van der Waals surface area contributed by atoms with Crippen LogP contribution in [0.25, 0.3) is 0 Å². The Morgan fingerprint density at radius 1 is 1.17 bits per heavy atom. The van der Waals surface area contributed by atoms with Crippen molar-refractivity contribution in [3.8, 4) is 0 Å². The summed E-state index contributed by atoms with van der Waals surface area (Å²) in [5.74, 6) is -2.74. The molecule has 0 saturated heterocycles. The number of hydrogen-bond acceptors (Lipinski definition) is 4. The van der Waals surface area contributed by atoms with Crippen LogP contribution in [0.4, 0.5) is 0 Å². The quantitative estimate of drug-likeness (QED) is 0.750. The van der Waals surface area contributed by atoms with E-state index in [2.05, 4.69) is 5.32 Å². The minimum Gasteiger partial charge on any atom is -0.480 e. The first-order valence-electron chi connectivity index (χ1n) is 7.53. The fraction of sp³-hybridized carbons (Fsp3) is 0.471. The summed E-state index contributed by atoms with van der Waals surface area (Å²) < 4.78 is 4.86. The normalized spacial score (nSPS) is 13.0. The van der Waals surface area contributed by atoms with Crippen LogP contribution in [-0.2, 0) is 14.3 Å². The summed E-state index contributed by atoms with van der Waals surface area (Å²) in [6.07, 6.45) is -0.0231. The molecule has 2 atom stereocenters. The second-order valence-electron chi connectivity index (χ2n) is 5.63. The molecule has 0 aliphatic carbocycles. The minimum absolute atomic E-state index is 0.0231.